The largest absolute Gasteiger partial charge is 0.450 e. The fourth-order valence-corrected chi connectivity index (χ4v) is 2.52. The first kappa shape index (κ1) is 24.2. The van der Waals surface area contributed by atoms with Gasteiger partial charge in [0.25, 0.3) is 0 Å². The quantitative estimate of drug-likeness (QED) is 0.311. The number of nitrogens with one attached hydrogen (secondary N) is 4. The average molecular weight is 450 g/mol. The molecule has 0 bridgehead atoms. The number of ether oxygens (including phenoxy) is 3. The molecule has 0 fully saturated rings. The predicted octanol–water partition coefficient (Wildman–Crippen LogP) is 2.04. The van der Waals surface area contributed by atoms with Crippen molar-refractivity contribution in [3.05, 3.63) is 30.3 Å². The number of amides is 3. The second-order valence-electron chi connectivity index (χ2n) is 6.02. The molecule has 0 aliphatic heterocycles. The van der Waals surface area contributed by atoms with E-state index in [1.54, 1.807) is 45.0 Å². The summed E-state index contributed by atoms with van der Waals surface area (Å²) in [6, 6.07) is 9.00. The van der Waals surface area contributed by atoms with Crippen LogP contribution in [-0.2, 0) is 14.2 Å². The van der Waals surface area contributed by atoms with Crippen LogP contribution in [0.2, 0.25) is 0 Å². The van der Waals surface area contributed by atoms with Crippen molar-refractivity contribution in [2.45, 2.75) is 33.1 Å². The van der Waals surface area contributed by atoms with Crippen LogP contribution < -0.4 is 21.3 Å². The molecule has 0 aliphatic carbocycles. The molecule has 0 aliphatic rings. The summed E-state index contributed by atoms with van der Waals surface area (Å²) >= 11 is 0. The molecule has 0 radical (unpaired) electrons. The smallest absolute Gasteiger partial charge is 0.408 e. The van der Waals surface area contributed by atoms with Gasteiger partial charge in [0.2, 0.25) is 5.82 Å². The zero-order valence-electron chi connectivity index (χ0n) is 17.9. The lowest BCUT2D eigenvalue weighted by molar-refractivity contribution is 0.124. The van der Waals surface area contributed by atoms with E-state index < -0.39 is 30.6 Å². The van der Waals surface area contributed by atoms with Gasteiger partial charge in [-0.15, -0.1) is 0 Å². The number of carbonyl (C=O) groups excluding carboxylic acids is 3. The molecule has 3 amide bonds. The van der Waals surface area contributed by atoms with E-state index in [9.17, 15) is 14.4 Å². The summed E-state index contributed by atoms with van der Waals surface area (Å²) < 4.78 is 19.5. The second kappa shape index (κ2) is 12.6. The summed E-state index contributed by atoms with van der Waals surface area (Å²) in [5.41, 5.74) is 1.02. The first-order valence-electron chi connectivity index (χ1n) is 9.92. The minimum Gasteiger partial charge on any atom is -0.450 e. The lowest BCUT2D eigenvalue weighted by atomic mass is 10.1. The average Bonchev–Trinajstić information content (AvgIpc) is 3.22. The van der Waals surface area contributed by atoms with Crippen molar-refractivity contribution in [1.82, 2.24) is 26.3 Å². The Labute approximate surface area is 184 Å². The molecule has 1 unspecified atom stereocenters. The molecule has 1 atom stereocenters. The highest BCUT2D eigenvalue weighted by Gasteiger charge is 2.30. The van der Waals surface area contributed by atoms with Crippen molar-refractivity contribution in [2.75, 3.05) is 25.1 Å². The molecule has 4 N–H and O–H groups in total. The van der Waals surface area contributed by atoms with Crippen LogP contribution in [-0.4, -0.2) is 60.7 Å². The highest BCUT2D eigenvalue weighted by molar-refractivity contribution is 5.74. The van der Waals surface area contributed by atoms with E-state index in [0.717, 1.165) is 0 Å². The van der Waals surface area contributed by atoms with Gasteiger partial charge in [-0.3, -0.25) is 16.0 Å². The molecule has 0 spiro atoms. The molecule has 0 saturated heterocycles. The fraction of sp³-hybridized carbons (Fsp3) is 0.421. The summed E-state index contributed by atoms with van der Waals surface area (Å²) in [7, 11) is 0. The fourth-order valence-electron chi connectivity index (χ4n) is 2.52. The topological polar surface area (TPSA) is 166 Å². The van der Waals surface area contributed by atoms with Gasteiger partial charge in [0.05, 0.1) is 19.8 Å². The molecule has 1 aromatic carbocycles. The molecule has 13 heteroatoms. The summed E-state index contributed by atoms with van der Waals surface area (Å²) in [5.74, 6) is 0.138. The van der Waals surface area contributed by atoms with E-state index in [0.29, 0.717) is 11.3 Å². The van der Waals surface area contributed by atoms with Gasteiger partial charge < -0.3 is 19.5 Å². The normalized spacial score (nSPS) is 11.2. The second-order valence-corrected chi connectivity index (χ2v) is 6.02. The Morgan fingerprint density at radius 2 is 1.31 bits per heavy atom. The predicted molar refractivity (Wildman–Crippen MR) is 111 cm³/mol. The van der Waals surface area contributed by atoms with Crippen molar-refractivity contribution >= 4 is 24.1 Å². The highest BCUT2D eigenvalue weighted by Crippen LogP contribution is 2.24. The van der Waals surface area contributed by atoms with Gasteiger partial charge in [-0.2, -0.15) is 0 Å². The molecule has 32 heavy (non-hydrogen) atoms. The van der Waals surface area contributed by atoms with Crippen molar-refractivity contribution in [2.24, 2.45) is 0 Å². The third-order valence-electron chi connectivity index (χ3n) is 3.81. The Morgan fingerprint density at radius 3 is 1.81 bits per heavy atom. The highest BCUT2D eigenvalue weighted by atomic mass is 16.6. The van der Waals surface area contributed by atoms with Crippen LogP contribution in [0.5, 0.6) is 0 Å². The van der Waals surface area contributed by atoms with Gasteiger partial charge in [-0.05, 0) is 31.1 Å². The third kappa shape index (κ3) is 7.34. The molecule has 2 aromatic rings. The first-order valence-corrected chi connectivity index (χ1v) is 9.92. The first-order chi connectivity index (χ1) is 15.5. The number of benzene rings is 1. The number of hydrogen-bond donors (Lipinski definition) is 4. The summed E-state index contributed by atoms with van der Waals surface area (Å²) in [6.45, 7) is 5.14. The number of aromatic nitrogens is 2. The summed E-state index contributed by atoms with van der Waals surface area (Å²) in [6.07, 6.45) is -4.90. The van der Waals surface area contributed by atoms with Crippen LogP contribution in [0, 0.1) is 0 Å². The van der Waals surface area contributed by atoms with Gasteiger partial charge in [-0.25, -0.2) is 19.0 Å². The third-order valence-corrected chi connectivity index (χ3v) is 3.81. The SMILES string of the molecule is CCOC(=O)NC(NC(=O)OCC)C(NC(=O)OCC)Nc1nonc1-c1ccccc1. The van der Waals surface area contributed by atoms with E-state index in [1.807, 2.05) is 6.07 Å². The van der Waals surface area contributed by atoms with Crippen LogP contribution >= 0.6 is 0 Å². The van der Waals surface area contributed by atoms with E-state index in [2.05, 4.69) is 31.6 Å². The molecular weight excluding hydrogens is 424 g/mol. The van der Waals surface area contributed by atoms with Crippen LogP contribution in [0.3, 0.4) is 0 Å². The van der Waals surface area contributed by atoms with Crippen LogP contribution in [0.4, 0.5) is 20.2 Å². The number of hydrogen-bond acceptors (Lipinski definition) is 10. The monoisotopic (exact) mass is 450 g/mol. The Balaban J connectivity index is 2.33. The molecule has 13 nitrogen and oxygen atoms in total. The van der Waals surface area contributed by atoms with Gasteiger partial charge in [0.15, 0.2) is 5.69 Å². The van der Waals surface area contributed by atoms with Gasteiger partial charge in [0, 0.05) is 5.56 Å². The lowest BCUT2D eigenvalue weighted by Crippen LogP contribution is -2.63. The number of nitrogens with zero attached hydrogens (tertiary/aromatic N) is 2. The molecule has 1 heterocycles. The van der Waals surface area contributed by atoms with E-state index in [1.165, 1.54) is 0 Å². The number of alkyl carbamates (subject to hydrolysis) is 3. The maximum atomic E-state index is 12.1. The molecule has 2 rings (SSSR count). The van der Waals surface area contributed by atoms with Gasteiger partial charge in [0.1, 0.15) is 12.3 Å². The molecule has 174 valence electrons. The number of rotatable bonds is 10. The van der Waals surface area contributed by atoms with Crippen molar-refractivity contribution in [1.29, 1.82) is 0 Å². The van der Waals surface area contributed by atoms with Crippen LogP contribution in [0.25, 0.3) is 11.3 Å². The zero-order valence-corrected chi connectivity index (χ0v) is 17.9. The Hall–Kier alpha value is -4.03. The van der Waals surface area contributed by atoms with Crippen LogP contribution in [0.1, 0.15) is 20.8 Å². The zero-order chi connectivity index (χ0) is 23.3. The lowest BCUT2D eigenvalue weighted by Gasteiger charge is -2.29. The Bertz CT molecular complexity index is 856. The summed E-state index contributed by atoms with van der Waals surface area (Å²) in [4.78, 5) is 36.3. The Morgan fingerprint density at radius 1 is 0.812 bits per heavy atom. The minimum absolute atomic E-state index is 0.0900. The molecule has 0 saturated carbocycles. The van der Waals surface area contributed by atoms with E-state index in [4.69, 9.17) is 18.8 Å². The van der Waals surface area contributed by atoms with E-state index >= 15 is 0 Å². The van der Waals surface area contributed by atoms with Crippen molar-refractivity contribution < 1.29 is 33.2 Å². The Kier molecular flexibility index (Phi) is 9.56. The standard InChI is InChI=1S/C19H26N6O7/c1-4-29-17(26)21-15(16(22-18(27)30-5-2)23-19(28)31-6-3)20-14-13(24-32-25-14)12-10-8-7-9-11-12/h7-11,15-16H,4-6H2,1-3H3,(H,20,25)(H,21,26)(H,22,27)(H,23,28). The maximum absolute atomic E-state index is 12.1. The van der Waals surface area contributed by atoms with Gasteiger partial charge >= 0.3 is 18.3 Å². The number of carbonyl (C=O) groups is 3. The van der Waals surface area contributed by atoms with Gasteiger partial charge in [-0.1, -0.05) is 30.3 Å². The number of anilines is 1. The van der Waals surface area contributed by atoms with Crippen molar-refractivity contribution in [3.8, 4) is 11.3 Å². The van der Waals surface area contributed by atoms with E-state index in [-0.39, 0.29) is 25.6 Å². The summed E-state index contributed by atoms with van der Waals surface area (Å²) in [5, 5.41) is 18.0. The van der Waals surface area contributed by atoms with Crippen molar-refractivity contribution in [3.63, 3.8) is 0 Å². The van der Waals surface area contributed by atoms with Crippen LogP contribution in [0.15, 0.2) is 35.0 Å². The maximum Gasteiger partial charge on any atom is 0.408 e. The minimum atomic E-state index is -1.24. The molecule has 1 aromatic heterocycles. The molecular formula is C19H26N6O7.